The molecule has 3 rings (SSSR count). The van der Waals surface area contributed by atoms with E-state index in [-0.39, 0.29) is 17.0 Å². The highest BCUT2D eigenvalue weighted by Crippen LogP contribution is 2.27. The minimum Gasteiger partial charge on any atom is -0.251 e. The number of pyridine rings is 1. The van der Waals surface area contributed by atoms with E-state index in [0.29, 0.717) is 16.0 Å². The largest absolute Gasteiger partial charge is 0.269 e. The van der Waals surface area contributed by atoms with Crippen LogP contribution in [0.3, 0.4) is 0 Å². The minimum atomic E-state index is -3.80. The molecule has 0 radical (unpaired) electrons. The zero-order valence-corrected chi connectivity index (χ0v) is 13.9. The van der Waals surface area contributed by atoms with Gasteiger partial charge in [-0.3, -0.25) is 4.39 Å². The van der Waals surface area contributed by atoms with Crippen molar-refractivity contribution in [2.24, 2.45) is 0 Å². The van der Waals surface area contributed by atoms with Gasteiger partial charge in [0.05, 0.1) is 16.6 Å². The number of hydrogen-bond acceptors (Lipinski definition) is 3. The third-order valence-corrected chi connectivity index (χ3v) is 5.47. The number of halogens is 2. The second kappa shape index (κ2) is 5.94. The van der Waals surface area contributed by atoms with Gasteiger partial charge >= 0.3 is 0 Å². The Bertz CT molecular complexity index is 966. The summed E-state index contributed by atoms with van der Waals surface area (Å²) < 4.78 is 39.6. The molecule has 0 N–H and O–H groups in total. The van der Waals surface area contributed by atoms with Gasteiger partial charge in [-0.1, -0.05) is 29.3 Å². The Morgan fingerprint density at radius 1 is 1.26 bits per heavy atom. The molecule has 0 fully saturated rings. The molecule has 1 aromatic carbocycles. The molecule has 4 nitrogen and oxygen atoms in total. The molecular weight excluding hydrogens is 339 g/mol. The van der Waals surface area contributed by atoms with Gasteiger partial charge < -0.3 is 0 Å². The van der Waals surface area contributed by atoms with Crippen molar-refractivity contribution < 1.29 is 12.8 Å². The van der Waals surface area contributed by atoms with Crippen molar-refractivity contribution in [3.05, 3.63) is 58.9 Å². The van der Waals surface area contributed by atoms with Crippen molar-refractivity contribution in [1.29, 1.82) is 0 Å². The molecule has 0 aliphatic rings. The highest BCUT2D eigenvalue weighted by molar-refractivity contribution is 7.90. The van der Waals surface area contributed by atoms with Crippen LogP contribution >= 0.6 is 11.6 Å². The molecule has 3 aromatic rings. The Balaban J connectivity index is 2.25. The van der Waals surface area contributed by atoms with Crippen molar-refractivity contribution in [2.45, 2.75) is 18.2 Å². The molecule has 0 atom stereocenters. The van der Waals surface area contributed by atoms with E-state index in [4.69, 9.17) is 11.6 Å². The molecule has 0 saturated heterocycles. The van der Waals surface area contributed by atoms with Crippen LogP contribution in [-0.4, -0.2) is 24.0 Å². The lowest BCUT2D eigenvalue weighted by molar-refractivity contribution is 0.496. The van der Waals surface area contributed by atoms with Crippen molar-refractivity contribution in [2.75, 3.05) is 6.67 Å². The highest BCUT2D eigenvalue weighted by Gasteiger charge is 2.22. The first-order valence-corrected chi connectivity index (χ1v) is 8.79. The molecule has 2 heterocycles. The van der Waals surface area contributed by atoms with Gasteiger partial charge in [-0.25, -0.2) is 17.4 Å². The molecule has 0 unspecified atom stereocenters. The standard InChI is InChI=1S/C16H14ClFN2O2S/c1-11-2-4-14(5-3-11)23(21,22)20-10-12(6-7-18)15-8-13(17)9-19-16(15)20/h2-5,8-10H,6-7H2,1H3. The molecule has 23 heavy (non-hydrogen) atoms. The molecular formula is C16H14ClFN2O2S. The fourth-order valence-electron chi connectivity index (χ4n) is 2.42. The van der Waals surface area contributed by atoms with Gasteiger partial charge in [-0.15, -0.1) is 0 Å². The Morgan fingerprint density at radius 2 is 1.96 bits per heavy atom. The predicted molar refractivity (Wildman–Crippen MR) is 88.2 cm³/mol. The van der Waals surface area contributed by atoms with E-state index in [1.165, 1.54) is 12.4 Å². The van der Waals surface area contributed by atoms with Crippen LogP contribution in [0.25, 0.3) is 11.0 Å². The van der Waals surface area contributed by atoms with E-state index in [9.17, 15) is 12.8 Å². The van der Waals surface area contributed by atoms with E-state index in [1.54, 1.807) is 30.3 Å². The molecule has 0 bridgehead atoms. The SMILES string of the molecule is Cc1ccc(S(=O)(=O)n2cc(CCF)c3cc(Cl)cnc32)cc1. The van der Waals surface area contributed by atoms with Gasteiger partial charge in [0, 0.05) is 24.2 Å². The minimum absolute atomic E-state index is 0.106. The third kappa shape index (κ3) is 2.84. The van der Waals surface area contributed by atoms with Gasteiger partial charge in [-0.05, 0) is 30.7 Å². The van der Waals surface area contributed by atoms with Crippen LogP contribution in [0.4, 0.5) is 4.39 Å². The Hall–Kier alpha value is -1.92. The lowest BCUT2D eigenvalue weighted by Crippen LogP contribution is -2.12. The van der Waals surface area contributed by atoms with Crippen LogP contribution in [0, 0.1) is 6.92 Å². The molecule has 0 spiro atoms. The smallest absolute Gasteiger partial charge is 0.251 e. The Morgan fingerprint density at radius 3 is 2.61 bits per heavy atom. The van der Waals surface area contributed by atoms with Crippen molar-refractivity contribution in [3.8, 4) is 0 Å². The maximum absolute atomic E-state index is 12.9. The first kappa shape index (κ1) is 16.0. The summed E-state index contributed by atoms with van der Waals surface area (Å²) in [5, 5.41) is 0.925. The van der Waals surface area contributed by atoms with Crippen LogP contribution in [0.1, 0.15) is 11.1 Å². The number of nitrogens with zero attached hydrogens (tertiary/aromatic N) is 2. The zero-order valence-electron chi connectivity index (χ0n) is 12.3. The molecule has 0 aliphatic carbocycles. The number of aryl methyl sites for hydroxylation is 2. The normalized spacial score (nSPS) is 12.0. The average Bonchev–Trinajstić information content (AvgIpc) is 2.87. The maximum atomic E-state index is 12.9. The monoisotopic (exact) mass is 352 g/mol. The van der Waals surface area contributed by atoms with Crippen molar-refractivity contribution in [3.63, 3.8) is 0 Å². The summed E-state index contributed by atoms with van der Waals surface area (Å²) in [6.45, 7) is 1.29. The fourth-order valence-corrected chi connectivity index (χ4v) is 3.93. The lowest BCUT2D eigenvalue weighted by Gasteiger charge is -2.07. The van der Waals surface area contributed by atoms with E-state index >= 15 is 0 Å². The summed E-state index contributed by atoms with van der Waals surface area (Å²) in [7, 11) is -3.80. The van der Waals surface area contributed by atoms with Crippen molar-refractivity contribution in [1.82, 2.24) is 8.96 Å². The summed E-state index contributed by atoms with van der Waals surface area (Å²) in [5.74, 6) is 0. The Labute approximate surface area is 138 Å². The quantitative estimate of drug-likeness (QED) is 0.718. The van der Waals surface area contributed by atoms with E-state index in [0.717, 1.165) is 9.54 Å². The number of aromatic nitrogens is 2. The number of benzene rings is 1. The second-order valence-electron chi connectivity index (χ2n) is 5.23. The number of hydrogen-bond donors (Lipinski definition) is 0. The van der Waals surface area contributed by atoms with Gasteiger partial charge in [0.25, 0.3) is 10.0 Å². The molecule has 0 amide bonds. The lowest BCUT2D eigenvalue weighted by atomic mass is 10.2. The van der Waals surface area contributed by atoms with Crippen LogP contribution in [0.15, 0.2) is 47.6 Å². The molecule has 7 heteroatoms. The highest BCUT2D eigenvalue weighted by atomic mass is 35.5. The molecule has 0 aliphatic heterocycles. The molecule has 0 saturated carbocycles. The number of rotatable bonds is 4. The first-order valence-electron chi connectivity index (χ1n) is 6.97. The summed E-state index contributed by atoms with van der Waals surface area (Å²) >= 11 is 5.93. The third-order valence-electron chi connectivity index (χ3n) is 3.60. The summed E-state index contributed by atoms with van der Waals surface area (Å²) in [6, 6.07) is 8.15. The molecule has 120 valence electrons. The summed E-state index contributed by atoms with van der Waals surface area (Å²) in [6.07, 6.45) is 2.90. The zero-order chi connectivity index (χ0) is 16.6. The summed E-state index contributed by atoms with van der Waals surface area (Å²) in [4.78, 5) is 4.28. The van der Waals surface area contributed by atoms with E-state index in [1.807, 2.05) is 6.92 Å². The second-order valence-corrected chi connectivity index (χ2v) is 7.48. The number of alkyl halides is 1. The Kier molecular flexibility index (Phi) is 4.12. The fraction of sp³-hybridized carbons (Fsp3) is 0.188. The van der Waals surface area contributed by atoms with Crippen LogP contribution < -0.4 is 0 Å². The predicted octanol–water partition coefficient (Wildman–Crippen LogP) is 3.75. The van der Waals surface area contributed by atoms with Gasteiger partial charge in [-0.2, -0.15) is 0 Å². The van der Waals surface area contributed by atoms with Crippen molar-refractivity contribution >= 4 is 32.7 Å². The topological polar surface area (TPSA) is 52.0 Å². The van der Waals surface area contributed by atoms with Crippen LogP contribution in [0.5, 0.6) is 0 Å². The van der Waals surface area contributed by atoms with Crippen LogP contribution in [0.2, 0.25) is 5.02 Å². The first-order chi connectivity index (χ1) is 10.9. The average molecular weight is 353 g/mol. The van der Waals surface area contributed by atoms with Crippen LogP contribution in [-0.2, 0) is 16.4 Å². The van der Waals surface area contributed by atoms with E-state index < -0.39 is 16.7 Å². The maximum Gasteiger partial charge on any atom is 0.269 e. The van der Waals surface area contributed by atoms with Gasteiger partial charge in [0.1, 0.15) is 0 Å². The number of fused-ring (bicyclic) bond motifs is 1. The van der Waals surface area contributed by atoms with E-state index in [2.05, 4.69) is 4.98 Å². The van der Waals surface area contributed by atoms with Gasteiger partial charge in [0.2, 0.25) is 0 Å². The molecule has 2 aromatic heterocycles. The van der Waals surface area contributed by atoms with Gasteiger partial charge in [0.15, 0.2) is 5.65 Å². The summed E-state index contributed by atoms with van der Waals surface area (Å²) in [5.41, 5.74) is 1.77.